The summed E-state index contributed by atoms with van der Waals surface area (Å²) < 4.78 is 0. The van der Waals surface area contributed by atoms with Crippen LogP contribution in [0.4, 0.5) is 5.69 Å². The van der Waals surface area contributed by atoms with Crippen LogP contribution >= 0.6 is 0 Å². The van der Waals surface area contributed by atoms with Crippen molar-refractivity contribution < 1.29 is 9.90 Å². The molecule has 0 saturated heterocycles. The van der Waals surface area contributed by atoms with Gasteiger partial charge in [0, 0.05) is 18.8 Å². The highest BCUT2D eigenvalue weighted by molar-refractivity contribution is 5.74. The van der Waals surface area contributed by atoms with Gasteiger partial charge in [0.2, 0.25) is 0 Å². The zero-order chi connectivity index (χ0) is 12.0. The number of para-hydroxylation sites is 1. The maximum absolute atomic E-state index is 10.8. The van der Waals surface area contributed by atoms with E-state index in [9.17, 15) is 4.79 Å². The minimum Gasteiger partial charge on any atom is -0.480 e. The van der Waals surface area contributed by atoms with Crippen molar-refractivity contribution in [3.63, 3.8) is 0 Å². The molecule has 4 nitrogen and oxygen atoms in total. The molecule has 0 aliphatic carbocycles. The topological polar surface area (TPSA) is 66.6 Å². The molecule has 4 heteroatoms. The number of hydrogen-bond acceptors (Lipinski definition) is 3. The number of hydrogen-bond donors (Lipinski definition) is 2. The third-order valence-corrected chi connectivity index (χ3v) is 2.44. The molecule has 3 N–H and O–H groups in total. The van der Waals surface area contributed by atoms with E-state index in [0.29, 0.717) is 13.1 Å². The summed E-state index contributed by atoms with van der Waals surface area (Å²) in [6.45, 7) is 3.06. The number of nitrogens with zero attached hydrogens (tertiary/aromatic N) is 1. The molecule has 0 fully saturated rings. The van der Waals surface area contributed by atoms with Crippen molar-refractivity contribution in [3.8, 4) is 0 Å². The zero-order valence-electron chi connectivity index (χ0n) is 9.52. The number of nitrogens with two attached hydrogens (primary N) is 1. The lowest BCUT2D eigenvalue weighted by atomic mass is 10.1. The quantitative estimate of drug-likeness (QED) is 0.756. The van der Waals surface area contributed by atoms with Crippen LogP contribution in [0.2, 0.25) is 0 Å². The Bertz CT molecular complexity index is 353. The molecule has 0 bridgehead atoms. The Labute approximate surface area is 95.7 Å². The fourth-order valence-corrected chi connectivity index (χ4v) is 1.72. The average molecular weight is 222 g/mol. The van der Waals surface area contributed by atoms with E-state index >= 15 is 0 Å². The molecule has 0 amide bonds. The number of rotatable bonds is 6. The molecule has 0 aliphatic heterocycles. The van der Waals surface area contributed by atoms with E-state index in [4.69, 9.17) is 10.8 Å². The van der Waals surface area contributed by atoms with Crippen LogP contribution < -0.4 is 10.6 Å². The van der Waals surface area contributed by atoms with Crippen LogP contribution in [0, 0.1) is 0 Å². The van der Waals surface area contributed by atoms with E-state index in [1.807, 2.05) is 24.3 Å². The van der Waals surface area contributed by atoms with Gasteiger partial charge in [0.1, 0.15) is 6.54 Å². The van der Waals surface area contributed by atoms with Crippen LogP contribution in [0.5, 0.6) is 0 Å². The van der Waals surface area contributed by atoms with Gasteiger partial charge in [-0.05, 0) is 18.1 Å². The second-order valence-electron chi connectivity index (χ2n) is 3.59. The maximum Gasteiger partial charge on any atom is 0.323 e. The van der Waals surface area contributed by atoms with E-state index in [1.54, 1.807) is 4.90 Å². The second kappa shape index (κ2) is 6.12. The molecule has 0 saturated carbocycles. The Morgan fingerprint density at radius 1 is 1.44 bits per heavy atom. The number of aliphatic carboxylic acids is 1. The summed E-state index contributed by atoms with van der Waals surface area (Å²) in [5.41, 5.74) is 7.62. The molecule has 0 aromatic heterocycles. The van der Waals surface area contributed by atoms with Gasteiger partial charge in [-0.1, -0.05) is 25.1 Å². The van der Waals surface area contributed by atoms with Crippen LogP contribution in [0.1, 0.15) is 12.5 Å². The number of carbonyl (C=O) groups is 1. The predicted molar refractivity (Wildman–Crippen MR) is 64.7 cm³/mol. The van der Waals surface area contributed by atoms with Gasteiger partial charge in [0.05, 0.1) is 0 Å². The van der Waals surface area contributed by atoms with Gasteiger partial charge < -0.3 is 15.7 Å². The summed E-state index contributed by atoms with van der Waals surface area (Å²) in [4.78, 5) is 12.6. The highest BCUT2D eigenvalue weighted by atomic mass is 16.4. The highest BCUT2D eigenvalue weighted by Gasteiger charge is 2.12. The first kappa shape index (κ1) is 12.5. The van der Waals surface area contributed by atoms with E-state index in [-0.39, 0.29) is 6.54 Å². The molecule has 0 atom stereocenters. The minimum absolute atomic E-state index is 0.00574. The fourth-order valence-electron chi connectivity index (χ4n) is 1.72. The van der Waals surface area contributed by atoms with Crippen LogP contribution in [-0.2, 0) is 11.2 Å². The number of carboxylic acid groups (broad SMARTS) is 1. The Balaban J connectivity index is 2.94. The number of aryl methyl sites for hydroxylation is 1. The normalized spacial score (nSPS) is 10.1. The van der Waals surface area contributed by atoms with E-state index in [1.165, 1.54) is 0 Å². The first-order valence-electron chi connectivity index (χ1n) is 5.43. The number of anilines is 1. The molecule has 0 heterocycles. The third kappa shape index (κ3) is 3.24. The van der Waals surface area contributed by atoms with Gasteiger partial charge in [0.25, 0.3) is 0 Å². The van der Waals surface area contributed by atoms with Crippen molar-refractivity contribution in [1.82, 2.24) is 0 Å². The summed E-state index contributed by atoms with van der Waals surface area (Å²) >= 11 is 0. The molecule has 0 aliphatic rings. The number of benzene rings is 1. The van der Waals surface area contributed by atoms with Gasteiger partial charge in [-0.3, -0.25) is 4.79 Å². The fraction of sp³-hybridized carbons (Fsp3) is 0.417. The molecule has 1 aromatic rings. The van der Waals surface area contributed by atoms with Crippen molar-refractivity contribution in [2.45, 2.75) is 13.3 Å². The van der Waals surface area contributed by atoms with Crippen molar-refractivity contribution in [3.05, 3.63) is 29.8 Å². The summed E-state index contributed by atoms with van der Waals surface area (Å²) in [5.74, 6) is -0.834. The summed E-state index contributed by atoms with van der Waals surface area (Å²) in [7, 11) is 0. The first-order valence-corrected chi connectivity index (χ1v) is 5.43. The third-order valence-electron chi connectivity index (χ3n) is 2.44. The lowest BCUT2D eigenvalue weighted by molar-refractivity contribution is -0.135. The highest BCUT2D eigenvalue weighted by Crippen LogP contribution is 2.20. The monoisotopic (exact) mass is 222 g/mol. The van der Waals surface area contributed by atoms with Crippen molar-refractivity contribution in [2.24, 2.45) is 5.73 Å². The Kier molecular flexibility index (Phi) is 4.79. The smallest absolute Gasteiger partial charge is 0.323 e. The van der Waals surface area contributed by atoms with Gasteiger partial charge in [0.15, 0.2) is 0 Å². The Hall–Kier alpha value is -1.55. The molecule has 88 valence electrons. The molecular weight excluding hydrogens is 204 g/mol. The van der Waals surface area contributed by atoms with Gasteiger partial charge in [-0.2, -0.15) is 0 Å². The number of carboxylic acids is 1. The predicted octanol–water partition coefficient (Wildman–Crippen LogP) is 1.10. The van der Waals surface area contributed by atoms with Gasteiger partial charge in [-0.25, -0.2) is 0 Å². The van der Waals surface area contributed by atoms with Crippen LogP contribution in [-0.4, -0.2) is 30.7 Å². The zero-order valence-corrected chi connectivity index (χ0v) is 9.52. The Morgan fingerprint density at radius 3 is 2.69 bits per heavy atom. The molecule has 0 radical (unpaired) electrons. The lowest BCUT2D eigenvalue weighted by Crippen LogP contribution is -2.34. The molecule has 1 aromatic carbocycles. The maximum atomic E-state index is 10.8. The largest absolute Gasteiger partial charge is 0.480 e. The van der Waals surface area contributed by atoms with Gasteiger partial charge >= 0.3 is 5.97 Å². The molecule has 16 heavy (non-hydrogen) atoms. The molecular formula is C12H18N2O2. The molecule has 0 unspecified atom stereocenters. The second-order valence-corrected chi connectivity index (χ2v) is 3.59. The Morgan fingerprint density at radius 2 is 2.12 bits per heavy atom. The minimum atomic E-state index is -0.834. The standard InChI is InChI=1S/C12H18N2O2/c1-2-10-5-3-4-6-11(10)14(8-7-13)9-12(15)16/h3-6H,2,7-9,13H2,1H3,(H,15,16). The average Bonchev–Trinajstić information content (AvgIpc) is 2.28. The SMILES string of the molecule is CCc1ccccc1N(CCN)CC(=O)O. The van der Waals surface area contributed by atoms with Gasteiger partial charge in [-0.15, -0.1) is 0 Å². The van der Waals surface area contributed by atoms with E-state index in [0.717, 1.165) is 17.7 Å². The molecule has 0 spiro atoms. The van der Waals surface area contributed by atoms with Crippen LogP contribution in [0.3, 0.4) is 0 Å². The van der Waals surface area contributed by atoms with E-state index in [2.05, 4.69) is 6.92 Å². The summed E-state index contributed by atoms with van der Waals surface area (Å²) in [6.07, 6.45) is 0.886. The van der Waals surface area contributed by atoms with E-state index < -0.39 is 5.97 Å². The first-order chi connectivity index (χ1) is 7.69. The summed E-state index contributed by atoms with van der Waals surface area (Å²) in [6, 6.07) is 7.84. The molecule has 1 rings (SSSR count). The van der Waals surface area contributed by atoms with Crippen molar-refractivity contribution in [2.75, 3.05) is 24.5 Å². The van der Waals surface area contributed by atoms with Crippen LogP contribution in [0.15, 0.2) is 24.3 Å². The van der Waals surface area contributed by atoms with Crippen molar-refractivity contribution >= 4 is 11.7 Å². The lowest BCUT2D eigenvalue weighted by Gasteiger charge is -2.24. The summed E-state index contributed by atoms with van der Waals surface area (Å²) in [5, 5.41) is 8.85. The van der Waals surface area contributed by atoms with Crippen molar-refractivity contribution in [1.29, 1.82) is 0 Å². The van der Waals surface area contributed by atoms with Crippen LogP contribution in [0.25, 0.3) is 0 Å².